The topological polar surface area (TPSA) is 101 Å². The summed E-state index contributed by atoms with van der Waals surface area (Å²) >= 11 is 6.00. The molecule has 1 unspecified atom stereocenters. The highest BCUT2D eigenvalue weighted by Crippen LogP contribution is 2.32. The number of rotatable bonds is 5. The zero-order valence-corrected chi connectivity index (χ0v) is 19.9. The van der Waals surface area contributed by atoms with Gasteiger partial charge in [-0.1, -0.05) is 29.8 Å². The molecule has 1 aromatic heterocycles. The average molecular weight is 492 g/mol. The molecular weight excluding hydrogens is 466 g/mol. The highest BCUT2D eigenvalue weighted by molar-refractivity contribution is 6.30. The lowest BCUT2D eigenvalue weighted by Crippen LogP contribution is -2.40. The second kappa shape index (κ2) is 9.93. The molecule has 180 valence electrons. The molecule has 2 aliphatic heterocycles. The maximum absolute atomic E-state index is 13.4. The number of nitrogens with two attached hydrogens (primary N) is 1. The highest BCUT2D eigenvalue weighted by atomic mass is 35.5. The SMILES string of the molecule is NCC(=O)NC1CCN(c2ccc(N3CCOc4cc(-c5ccc(Cl)cc5)ccc4C3=O)cn2)C1. The number of hydrogen-bond acceptors (Lipinski definition) is 6. The molecule has 2 amide bonds. The van der Waals surface area contributed by atoms with E-state index in [0.717, 1.165) is 29.9 Å². The molecule has 9 heteroatoms. The summed E-state index contributed by atoms with van der Waals surface area (Å²) in [6.07, 6.45) is 2.55. The summed E-state index contributed by atoms with van der Waals surface area (Å²) < 4.78 is 5.95. The highest BCUT2D eigenvalue weighted by Gasteiger charge is 2.27. The van der Waals surface area contributed by atoms with Gasteiger partial charge in [0.05, 0.1) is 30.5 Å². The van der Waals surface area contributed by atoms with E-state index in [1.54, 1.807) is 11.1 Å². The Morgan fingerprint density at radius 3 is 2.66 bits per heavy atom. The summed E-state index contributed by atoms with van der Waals surface area (Å²) in [5.74, 6) is 1.10. The molecule has 8 nitrogen and oxygen atoms in total. The van der Waals surface area contributed by atoms with Crippen LogP contribution in [0.1, 0.15) is 16.8 Å². The Morgan fingerprint density at radius 2 is 1.91 bits per heavy atom. The summed E-state index contributed by atoms with van der Waals surface area (Å²) in [6, 6.07) is 17.1. The Hall–Kier alpha value is -3.62. The lowest BCUT2D eigenvalue weighted by Gasteiger charge is -2.22. The van der Waals surface area contributed by atoms with Crippen LogP contribution in [0.4, 0.5) is 11.5 Å². The van der Waals surface area contributed by atoms with Gasteiger partial charge in [-0.25, -0.2) is 4.98 Å². The zero-order chi connectivity index (χ0) is 24.4. The number of hydrogen-bond donors (Lipinski definition) is 2. The molecule has 35 heavy (non-hydrogen) atoms. The van der Waals surface area contributed by atoms with Crippen LogP contribution < -0.4 is 25.6 Å². The van der Waals surface area contributed by atoms with E-state index in [1.807, 2.05) is 54.6 Å². The van der Waals surface area contributed by atoms with Gasteiger partial charge in [0.2, 0.25) is 5.91 Å². The summed E-state index contributed by atoms with van der Waals surface area (Å²) in [7, 11) is 0. The van der Waals surface area contributed by atoms with Gasteiger partial charge in [0.1, 0.15) is 18.2 Å². The summed E-state index contributed by atoms with van der Waals surface area (Å²) in [5, 5.41) is 3.60. The first-order chi connectivity index (χ1) is 17.0. The van der Waals surface area contributed by atoms with Gasteiger partial charge in [-0.05, 0) is 53.9 Å². The molecule has 0 radical (unpaired) electrons. The van der Waals surface area contributed by atoms with E-state index in [-0.39, 0.29) is 24.4 Å². The van der Waals surface area contributed by atoms with Crippen molar-refractivity contribution in [3.63, 3.8) is 0 Å². The van der Waals surface area contributed by atoms with Gasteiger partial charge in [0.15, 0.2) is 0 Å². The number of nitrogens with one attached hydrogen (secondary N) is 1. The zero-order valence-electron chi connectivity index (χ0n) is 19.1. The fourth-order valence-electron chi connectivity index (χ4n) is 4.48. The van der Waals surface area contributed by atoms with Crippen LogP contribution in [0.15, 0.2) is 60.8 Å². The number of amides is 2. The van der Waals surface area contributed by atoms with E-state index in [0.29, 0.717) is 41.7 Å². The van der Waals surface area contributed by atoms with Crippen LogP contribution >= 0.6 is 11.6 Å². The lowest BCUT2D eigenvalue weighted by atomic mass is 10.0. The first kappa shape index (κ1) is 23.1. The molecule has 2 aromatic carbocycles. The third-order valence-corrected chi connectivity index (χ3v) is 6.57. The van der Waals surface area contributed by atoms with Crippen molar-refractivity contribution in [2.75, 3.05) is 42.6 Å². The first-order valence-electron chi connectivity index (χ1n) is 11.6. The number of benzene rings is 2. The van der Waals surface area contributed by atoms with Crippen molar-refractivity contribution in [1.82, 2.24) is 10.3 Å². The van der Waals surface area contributed by atoms with Crippen molar-refractivity contribution in [3.8, 4) is 16.9 Å². The average Bonchev–Trinajstić information content (AvgIpc) is 3.28. The van der Waals surface area contributed by atoms with Gasteiger partial charge in [-0.3, -0.25) is 9.59 Å². The normalized spacial score (nSPS) is 17.5. The number of halogens is 1. The minimum absolute atomic E-state index is 0.0113. The van der Waals surface area contributed by atoms with Gasteiger partial charge >= 0.3 is 0 Å². The van der Waals surface area contributed by atoms with Crippen molar-refractivity contribution in [2.45, 2.75) is 12.5 Å². The second-order valence-electron chi connectivity index (χ2n) is 8.60. The Balaban J connectivity index is 1.31. The molecule has 3 aromatic rings. The van der Waals surface area contributed by atoms with E-state index in [9.17, 15) is 9.59 Å². The number of pyridine rings is 1. The Labute approximate surface area is 208 Å². The Kier molecular flexibility index (Phi) is 6.57. The molecule has 2 aliphatic rings. The number of aromatic nitrogens is 1. The first-order valence-corrected chi connectivity index (χ1v) is 11.9. The van der Waals surface area contributed by atoms with E-state index in [4.69, 9.17) is 22.1 Å². The fraction of sp³-hybridized carbons (Fsp3) is 0.269. The fourth-order valence-corrected chi connectivity index (χ4v) is 4.60. The second-order valence-corrected chi connectivity index (χ2v) is 9.04. The van der Waals surface area contributed by atoms with Crippen molar-refractivity contribution >= 4 is 34.9 Å². The van der Waals surface area contributed by atoms with E-state index in [2.05, 4.69) is 15.2 Å². The van der Waals surface area contributed by atoms with Crippen LogP contribution in [0.3, 0.4) is 0 Å². The standard InChI is InChI=1S/C26H26ClN5O3/c27-19-4-1-17(2-5-19)18-3-7-22-23(13-18)35-12-11-32(26(22)34)21-6-8-24(29-15-21)31-10-9-20(16-31)30-25(33)14-28/h1-8,13,15,20H,9-12,14,16,28H2,(H,30,33). The number of anilines is 2. The lowest BCUT2D eigenvalue weighted by molar-refractivity contribution is -0.120. The van der Waals surface area contributed by atoms with Crippen LogP contribution in [0.2, 0.25) is 5.02 Å². The van der Waals surface area contributed by atoms with Gasteiger partial charge in [-0.2, -0.15) is 0 Å². The van der Waals surface area contributed by atoms with Gasteiger partial charge < -0.3 is 25.6 Å². The molecule has 1 saturated heterocycles. The van der Waals surface area contributed by atoms with Crippen molar-refractivity contribution in [2.24, 2.45) is 5.73 Å². The summed E-state index contributed by atoms with van der Waals surface area (Å²) in [4.78, 5) is 33.3. The summed E-state index contributed by atoms with van der Waals surface area (Å²) in [5.41, 5.74) is 8.58. The minimum Gasteiger partial charge on any atom is -0.491 e. The smallest absolute Gasteiger partial charge is 0.262 e. The molecule has 3 N–H and O–H groups in total. The number of ether oxygens (including phenoxy) is 1. The predicted octanol–water partition coefficient (Wildman–Crippen LogP) is 3.09. The van der Waals surface area contributed by atoms with Crippen LogP contribution in [0, 0.1) is 0 Å². The molecule has 0 aliphatic carbocycles. The quantitative estimate of drug-likeness (QED) is 0.569. The van der Waals surface area contributed by atoms with Crippen molar-refractivity contribution in [3.05, 3.63) is 71.4 Å². The molecular formula is C26H26ClN5O3. The minimum atomic E-state index is -0.150. The predicted molar refractivity (Wildman–Crippen MR) is 136 cm³/mol. The van der Waals surface area contributed by atoms with E-state index < -0.39 is 0 Å². The number of fused-ring (bicyclic) bond motifs is 1. The third-order valence-electron chi connectivity index (χ3n) is 6.31. The molecule has 1 fully saturated rings. The van der Waals surface area contributed by atoms with Crippen molar-refractivity contribution in [1.29, 1.82) is 0 Å². The largest absolute Gasteiger partial charge is 0.491 e. The molecule has 5 rings (SSSR count). The third kappa shape index (κ3) is 4.94. The molecule has 1 atom stereocenters. The molecule has 3 heterocycles. The maximum atomic E-state index is 13.4. The van der Waals surface area contributed by atoms with Crippen molar-refractivity contribution < 1.29 is 14.3 Å². The van der Waals surface area contributed by atoms with Crippen LogP contribution in [-0.2, 0) is 4.79 Å². The molecule has 0 saturated carbocycles. The van der Waals surface area contributed by atoms with E-state index in [1.165, 1.54) is 0 Å². The van der Waals surface area contributed by atoms with E-state index >= 15 is 0 Å². The molecule has 0 bridgehead atoms. The van der Waals surface area contributed by atoms with Gasteiger partial charge in [-0.15, -0.1) is 0 Å². The van der Waals surface area contributed by atoms with Crippen LogP contribution in [-0.4, -0.2) is 55.6 Å². The van der Waals surface area contributed by atoms with Gasteiger partial charge in [0, 0.05) is 24.2 Å². The number of carbonyl (C=O) groups is 2. The van der Waals surface area contributed by atoms with Crippen LogP contribution in [0.25, 0.3) is 11.1 Å². The Morgan fingerprint density at radius 1 is 1.11 bits per heavy atom. The molecule has 0 spiro atoms. The number of carbonyl (C=O) groups excluding carboxylic acids is 2. The van der Waals surface area contributed by atoms with Gasteiger partial charge in [0.25, 0.3) is 5.91 Å². The Bertz CT molecular complexity index is 1230. The maximum Gasteiger partial charge on any atom is 0.262 e. The summed E-state index contributed by atoms with van der Waals surface area (Å²) in [6.45, 7) is 2.25. The van der Waals surface area contributed by atoms with Crippen LogP contribution in [0.5, 0.6) is 5.75 Å². The number of nitrogens with zero attached hydrogens (tertiary/aromatic N) is 3. The monoisotopic (exact) mass is 491 g/mol.